The Morgan fingerprint density at radius 3 is 2.59 bits per heavy atom. The van der Waals surface area contributed by atoms with E-state index in [-0.39, 0.29) is 19.0 Å². The van der Waals surface area contributed by atoms with Gasteiger partial charge in [0.05, 0.1) is 13.1 Å². The van der Waals surface area contributed by atoms with Crippen molar-refractivity contribution in [1.29, 1.82) is 0 Å². The number of carbonyl (C=O) groups excluding carboxylic acids is 1. The van der Waals surface area contributed by atoms with Crippen LogP contribution in [0.3, 0.4) is 0 Å². The lowest BCUT2D eigenvalue weighted by molar-refractivity contribution is -0.140. The summed E-state index contributed by atoms with van der Waals surface area (Å²) in [4.78, 5) is 23.7. The SMILES string of the molecule is NCCCCC(NC(=O)O)C(=O)N1CC(F)C1. The summed E-state index contributed by atoms with van der Waals surface area (Å²) in [5.74, 6) is -0.349. The minimum absolute atomic E-state index is 0.0630. The van der Waals surface area contributed by atoms with Crippen molar-refractivity contribution in [2.75, 3.05) is 19.6 Å². The molecule has 1 aliphatic rings. The maximum absolute atomic E-state index is 12.6. The van der Waals surface area contributed by atoms with Crippen molar-refractivity contribution in [3.8, 4) is 0 Å². The topological polar surface area (TPSA) is 95.7 Å². The third-order valence-electron chi connectivity index (χ3n) is 2.69. The lowest BCUT2D eigenvalue weighted by Crippen LogP contribution is -2.57. The average molecular weight is 247 g/mol. The van der Waals surface area contributed by atoms with Crippen LogP contribution in [0.4, 0.5) is 9.18 Å². The molecule has 1 saturated heterocycles. The molecule has 1 atom stereocenters. The van der Waals surface area contributed by atoms with Crippen LogP contribution >= 0.6 is 0 Å². The summed E-state index contributed by atoms with van der Waals surface area (Å²) in [7, 11) is 0. The highest BCUT2D eigenvalue weighted by atomic mass is 19.1. The van der Waals surface area contributed by atoms with Gasteiger partial charge in [-0.05, 0) is 25.8 Å². The number of nitrogens with zero attached hydrogens (tertiary/aromatic N) is 1. The number of halogens is 1. The summed E-state index contributed by atoms with van der Waals surface area (Å²) in [6, 6.07) is -0.786. The number of hydrogen-bond acceptors (Lipinski definition) is 3. The molecule has 0 aromatic carbocycles. The standard InChI is InChI=1S/C10H18FN3O3/c11-7-5-14(6-7)9(15)8(13-10(16)17)3-1-2-4-12/h7-8,13H,1-6,12H2,(H,16,17). The van der Waals surface area contributed by atoms with E-state index in [1.54, 1.807) is 0 Å². The number of unbranched alkanes of at least 4 members (excludes halogenated alkanes) is 1. The fourth-order valence-corrected chi connectivity index (χ4v) is 1.72. The van der Waals surface area contributed by atoms with E-state index in [0.717, 1.165) is 6.42 Å². The monoisotopic (exact) mass is 247 g/mol. The maximum Gasteiger partial charge on any atom is 0.405 e. The highest BCUT2D eigenvalue weighted by molar-refractivity contribution is 5.85. The van der Waals surface area contributed by atoms with E-state index in [9.17, 15) is 14.0 Å². The number of carbonyl (C=O) groups is 2. The summed E-state index contributed by atoms with van der Waals surface area (Å²) >= 11 is 0. The number of alkyl halides is 1. The van der Waals surface area contributed by atoms with Gasteiger partial charge in [-0.3, -0.25) is 4.79 Å². The van der Waals surface area contributed by atoms with Crippen LogP contribution in [-0.2, 0) is 4.79 Å². The Kier molecular flexibility index (Phi) is 5.14. The number of rotatable bonds is 6. The summed E-state index contributed by atoms with van der Waals surface area (Å²) in [6.45, 7) is 0.630. The number of likely N-dealkylation sites (tertiary alicyclic amines) is 1. The second-order valence-corrected chi connectivity index (χ2v) is 4.13. The molecular weight excluding hydrogens is 229 g/mol. The van der Waals surface area contributed by atoms with Gasteiger partial charge in [0.25, 0.3) is 0 Å². The molecule has 0 aromatic heterocycles. The van der Waals surface area contributed by atoms with Gasteiger partial charge in [0.15, 0.2) is 0 Å². The van der Waals surface area contributed by atoms with Crippen molar-refractivity contribution in [2.24, 2.45) is 5.73 Å². The lowest BCUT2D eigenvalue weighted by atomic mass is 10.1. The molecule has 0 radical (unpaired) electrons. The van der Waals surface area contributed by atoms with E-state index < -0.39 is 18.3 Å². The zero-order chi connectivity index (χ0) is 12.8. The zero-order valence-electron chi connectivity index (χ0n) is 9.56. The molecule has 0 bridgehead atoms. The van der Waals surface area contributed by atoms with Crippen molar-refractivity contribution in [3.05, 3.63) is 0 Å². The molecule has 1 unspecified atom stereocenters. The molecule has 0 spiro atoms. The Hall–Kier alpha value is -1.37. The Labute approximate surface area is 99.0 Å². The molecule has 0 aliphatic carbocycles. The molecule has 1 rings (SSSR count). The van der Waals surface area contributed by atoms with Crippen molar-refractivity contribution >= 4 is 12.0 Å². The van der Waals surface area contributed by atoms with Crippen molar-refractivity contribution in [1.82, 2.24) is 10.2 Å². The predicted molar refractivity (Wildman–Crippen MR) is 59.3 cm³/mol. The first-order valence-electron chi connectivity index (χ1n) is 5.67. The van der Waals surface area contributed by atoms with Crippen molar-refractivity contribution in [3.63, 3.8) is 0 Å². The number of nitrogens with two attached hydrogens (primary N) is 1. The first-order valence-corrected chi connectivity index (χ1v) is 5.67. The van der Waals surface area contributed by atoms with E-state index >= 15 is 0 Å². The molecule has 0 saturated carbocycles. The van der Waals surface area contributed by atoms with E-state index in [0.29, 0.717) is 19.4 Å². The zero-order valence-corrected chi connectivity index (χ0v) is 9.56. The number of hydrogen-bond donors (Lipinski definition) is 3. The molecule has 1 heterocycles. The Bertz CT molecular complexity index is 282. The summed E-state index contributed by atoms with van der Waals surface area (Å²) in [5, 5.41) is 10.8. The third-order valence-corrected chi connectivity index (χ3v) is 2.69. The van der Waals surface area contributed by atoms with Crippen LogP contribution in [0.1, 0.15) is 19.3 Å². The van der Waals surface area contributed by atoms with Crippen LogP contribution in [0.2, 0.25) is 0 Å². The largest absolute Gasteiger partial charge is 0.465 e. The van der Waals surface area contributed by atoms with Crippen molar-refractivity contribution in [2.45, 2.75) is 31.5 Å². The molecular formula is C10H18FN3O3. The number of carboxylic acid groups (broad SMARTS) is 1. The molecule has 98 valence electrons. The van der Waals surface area contributed by atoms with E-state index in [4.69, 9.17) is 10.8 Å². The van der Waals surface area contributed by atoms with Gasteiger partial charge in [-0.1, -0.05) is 0 Å². The van der Waals surface area contributed by atoms with E-state index in [1.807, 2.05) is 0 Å². The van der Waals surface area contributed by atoms with Gasteiger partial charge < -0.3 is 21.1 Å². The molecule has 17 heavy (non-hydrogen) atoms. The van der Waals surface area contributed by atoms with Gasteiger partial charge >= 0.3 is 6.09 Å². The van der Waals surface area contributed by atoms with E-state index in [2.05, 4.69) is 5.32 Å². The predicted octanol–water partition coefficient (Wildman–Crippen LogP) is -0.0681. The van der Waals surface area contributed by atoms with Crippen LogP contribution in [-0.4, -0.2) is 53.9 Å². The van der Waals surface area contributed by atoms with Gasteiger partial charge in [-0.15, -0.1) is 0 Å². The fourth-order valence-electron chi connectivity index (χ4n) is 1.72. The van der Waals surface area contributed by atoms with Crippen LogP contribution in [0.5, 0.6) is 0 Å². The van der Waals surface area contributed by atoms with Gasteiger partial charge in [0.1, 0.15) is 12.2 Å². The highest BCUT2D eigenvalue weighted by Crippen LogP contribution is 2.14. The van der Waals surface area contributed by atoms with Crippen LogP contribution in [0.15, 0.2) is 0 Å². The summed E-state index contributed by atoms with van der Waals surface area (Å²) in [6.07, 6.45) is -0.422. The third kappa shape index (κ3) is 4.18. The average Bonchev–Trinajstić information content (AvgIpc) is 2.22. The molecule has 4 N–H and O–H groups in total. The molecule has 6 nitrogen and oxygen atoms in total. The van der Waals surface area contributed by atoms with Crippen LogP contribution in [0, 0.1) is 0 Å². The van der Waals surface area contributed by atoms with Crippen LogP contribution < -0.4 is 11.1 Å². The lowest BCUT2D eigenvalue weighted by Gasteiger charge is -2.36. The second kappa shape index (κ2) is 6.39. The minimum Gasteiger partial charge on any atom is -0.465 e. The van der Waals surface area contributed by atoms with Crippen LogP contribution in [0.25, 0.3) is 0 Å². The fraction of sp³-hybridized carbons (Fsp3) is 0.800. The first kappa shape index (κ1) is 13.7. The normalized spacial score (nSPS) is 17.4. The highest BCUT2D eigenvalue weighted by Gasteiger charge is 2.34. The quantitative estimate of drug-likeness (QED) is 0.572. The Morgan fingerprint density at radius 2 is 2.12 bits per heavy atom. The smallest absolute Gasteiger partial charge is 0.405 e. The molecule has 1 fully saturated rings. The van der Waals surface area contributed by atoms with Gasteiger partial charge in [0, 0.05) is 0 Å². The Balaban J connectivity index is 2.43. The minimum atomic E-state index is -1.24. The summed E-state index contributed by atoms with van der Waals surface area (Å²) in [5.41, 5.74) is 5.33. The second-order valence-electron chi connectivity index (χ2n) is 4.13. The van der Waals surface area contributed by atoms with E-state index in [1.165, 1.54) is 4.90 Å². The van der Waals surface area contributed by atoms with Crippen molar-refractivity contribution < 1.29 is 19.1 Å². The number of nitrogens with one attached hydrogen (secondary N) is 1. The first-order chi connectivity index (χ1) is 8.04. The van der Waals surface area contributed by atoms with Gasteiger partial charge in [0.2, 0.25) is 5.91 Å². The molecule has 2 amide bonds. The Morgan fingerprint density at radius 1 is 1.47 bits per heavy atom. The number of amides is 2. The molecule has 7 heteroatoms. The summed E-state index contributed by atoms with van der Waals surface area (Å²) < 4.78 is 12.6. The van der Waals surface area contributed by atoms with Gasteiger partial charge in [-0.2, -0.15) is 0 Å². The van der Waals surface area contributed by atoms with Gasteiger partial charge in [-0.25, -0.2) is 9.18 Å². The molecule has 1 aliphatic heterocycles. The maximum atomic E-state index is 12.6. The molecule has 0 aromatic rings.